The largest absolute Gasteiger partial charge is 0.435 e. The molecule has 0 saturated carbocycles. The second-order valence-electron chi connectivity index (χ2n) is 13.5. The van der Waals surface area contributed by atoms with Crippen molar-refractivity contribution in [3.63, 3.8) is 0 Å². The summed E-state index contributed by atoms with van der Waals surface area (Å²) < 4.78 is 9.04. The lowest BCUT2D eigenvalue weighted by Gasteiger charge is -2.10. The molecule has 0 aliphatic carbocycles. The predicted octanol–water partition coefficient (Wildman–Crippen LogP) is 12.1. The summed E-state index contributed by atoms with van der Waals surface area (Å²) in [6, 6.07) is 60.5. The van der Waals surface area contributed by atoms with Crippen LogP contribution in [0.4, 0.5) is 0 Å². The summed E-state index contributed by atoms with van der Waals surface area (Å²) in [6.07, 6.45) is 0. The van der Waals surface area contributed by atoms with Crippen LogP contribution in [0.15, 0.2) is 180 Å². The van der Waals surface area contributed by atoms with Gasteiger partial charge in [-0.1, -0.05) is 133 Å². The lowest BCUT2D eigenvalue weighted by molar-refractivity contribution is 0.621. The molecule has 8 aromatic carbocycles. The fourth-order valence-electron chi connectivity index (χ4n) is 7.78. The van der Waals surface area contributed by atoms with Crippen molar-refractivity contribution in [3.8, 4) is 51.3 Å². The molecule has 0 fully saturated rings. The normalized spacial score (nSPS) is 11.7. The Hall–Kier alpha value is -7.44. The Morgan fingerprint density at radius 3 is 1.87 bits per heavy atom. The first-order chi connectivity index (χ1) is 26.8. The van der Waals surface area contributed by atoms with E-state index in [9.17, 15) is 0 Å². The van der Waals surface area contributed by atoms with Crippen LogP contribution in [-0.2, 0) is 0 Å². The smallest absolute Gasteiger partial charge is 0.227 e. The number of oxazole rings is 1. The molecule has 0 amide bonds. The molecule has 3 aromatic heterocycles. The van der Waals surface area contributed by atoms with E-state index >= 15 is 0 Å². The maximum absolute atomic E-state index is 6.73. The SMILES string of the molecule is c1ccc(-c2nc(-c3ccc4c5ccccc5n(-c5ccccc5)c4c3)nc(-c3cccc4nc(-c5cc6ccccc6c6ccccc56)oc34)n2)cc1. The number of fused-ring (bicyclic) bond motifs is 7. The molecular weight excluding hydrogens is 663 g/mol. The number of benzene rings is 8. The van der Waals surface area contributed by atoms with Gasteiger partial charge in [0.25, 0.3) is 0 Å². The van der Waals surface area contributed by atoms with E-state index in [0.29, 0.717) is 28.9 Å². The van der Waals surface area contributed by atoms with Crippen LogP contribution in [0.2, 0.25) is 0 Å². The van der Waals surface area contributed by atoms with Crippen LogP contribution in [0.3, 0.4) is 0 Å². The molecule has 0 spiro atoms. The minimum Gasteiger partial charge on any atom is -0.435 e. The van der Waals surface area contributed by atoms with Crippen LogP contribution >= 0.6 is 0 Å². The Kier molecular flexibility index (Phi) is 6.75. The minimum atomic E-state index is 0.513. The lowest BCUT2D eigenvalue weighted by Crippen LogP contribution is -2.00. The third kappa shape index (κ3) is 4.81. The average Bonchev–Trinajstić information content (AvgIpc) is 3.83. The summed E-state index contributed by atoms with van der Waals surface area (Å²) in [6.45, 7) is 0. The highest BCUT2D eigenvalue weighted by Crippen LogP contribution is 2.39. The molecule has 0 unspecified atom stereocenters. The van der Waals surface area contributed by atoms with Crippen LogP contribution in [-0.4, -0.2) is 24.5 Å². The zero-order valence-corrected chi connectivity index (χ0v) is 28.9. The molecule has 0 aliphatic rings. The van der Waals surface area contributed by atoms with E-state index in [-0.39, 0.29) is 0 Å². The quantitative estimate of drug-likeness (QED) is 0.168. The van der Waals surface area contributed by atoms with E-state index < -0.39 is 0 Å². The van der Waals surface area contributed by atoms with Gasteiger partial charge in [-0.25, -0.2) is 19.9 Å². The molecule has 0 N–H and O–H groups in total. The monoisotopic (exact) mass is 691 g/mol. The van der Waals surface area contributed by atoms with Gasteiger partial charge < -0.3 is 8.98 Å². The Labute approximate surface area is 309 Å². The molecule has 0 radical (unpaired) electrons. The fraction of sp³-hybridized carbons (Fsp3) is 0. The summed E-state index contributed by atoms with van der Waals surface area (Å²) in [4.78, 5) is 20.4. The van der Waals surface area contributed by atoms with E-state index in [2.05, 4.69) is 126 Å². The van der Waals surface area contributed by atoms with Gasteiger partial charge >= 0.3 is 0 Å². The number of aromatic nitrogens is 5. The molecule has 6 nitrogen and oxygen atoms in total. The van der Waals surface area contributed by atoms with Gasteiger partial charge in [-0.2, -0.15) is 0 Å². The van der Waals surface area contributed by atoms with Crippen molar-refractivity contribution in [3.05, 3.63) is 176 Å². The molecule has 6 heteroatoms. The van der Waals surface area contributed by atoms with Crippen molar-refractivity contribution in [2.24, 2.45) is 0 Å². The van der Waals surface area contributed by atoms with Crippen molar-refractivity contribution >= 4 is 54.5 Å². The number of para-hydroxylation sites is 3. The molecule has 0 bridgehead atoms. The zero-order chi connectivity index (χ0) is 35.6. The van der Waals surface area contributed by atoms with Crippen molar-refractivity contribution < 1.29 is 4.42 Å². The van der Waals surface area contributed by atoms with E-state index in [1.807, 2.05) is 54.6 Å². The first-order valence-corrected chi connectivity index (χ1v) is 18.0. The molecule has 11 aromatic rings. The molecule has 54 heavy (non-hydrogen) atoms. The highest BCUT2D eigenvalue weighted by molar-refractivity contribution is 6.13. The predicted molar refractivity (Wildman–Crippen MR) is 218 cm³/mol. The summed E-state index contributed by atoms with van der Waals surface area (Å²) in [5, 5.41) is 6.92. The highest BCUT2D eigenvalue weighted by Gasteiger charge is 2.21. The number of hydrogen-bond donors (Lipinski definition) is 0. The van der Waals surface area contributed by atoms with Crippen LogP contribution < -0.4 is 0 Å². The van der Waals surface area contributed by atoms with E-state index in [1.165, 1.54) is 10.8 Å². The third-order valence-corrected chi connectivity index (χ3v) is 10.3. The molecule has 252 valence electrons. The standard InChI is InChI=1S/C48H29N5O/c1-3-14-30(15-4-1)45-50-46(32-26-27-38-37-22-11-12-25-42(37)53(43(38)29-32)33-17-5-2-6-18-33)52-47(51-45)39-23-13-24-41-44(39)54-48(49-41)40-28-31-16-7-8-19-34(31)35-20-9-10-21-36(35)40/h1-29H. The number of hydrogen-bond acceptors (Lipinski definition) is 5. The van der Waals surface area contributed by atoms with Gasteiger partial charge in [-0.3, -0.25) is 0 Å². The van der Waals surface area contributed by atoms with Crippen molar-refractivity contribution in [1.29, 1.82) is 0 Å². The molecule has 0 saturated heterocycles. The molecule has 0 atom stereocenters. The van der Waals surface area contributed by atoms with Crippen molar-refractivity contribution in [2.45, 2.75) is 0 Å². The molecular formula is C48H29N5O. The van der Waals surface area contributed by atoms with Crippen LogP contribution in [0, 0.1) is 0 Å². The summed E-state index contributed by atoms with van der Waals surface area (Å²) >= 11 is 0. The van der Waals surface area contributed by atoms with Gasteiger partial charge in [-0.15, -0.1) is 0 Å². The van der Waals surface area contributed by atoms with Crippen LogP contribution in [0.5, 0.6) is 0 Å². The van der Waals surface area contributed by atoms with Gasteiger partial charge in [0.05, 0.1) is 16.6 Å². The average molecular weight is 692 g/mol. The van der Waals surface area contributed by atoms with Crippen LogP contribution in [0.1, 0.15) is 0 Å². The van der Waals surface area contributed by atoms with Gasteiger partial charge in [0.1, 0.15) is 5.52 Å². The minimum absolute atomic E-state index is 0.513. The first kappa shape index (κ1) is 30.2. The van der Waals surface area contributed by atoms with Gasteiger partial charge in [0.15, 0.2) is 23.1 Å². The summed E-state index contributed by atoms with van der Waals surface area (Å²) in [5.74, 6) is 2.22. The molecule has 0 aliphatic heterocycles. The first-order valence-electron chi connectivity index (χ1n) is 18.0. The Morgan fingerprint density at radius 1 is 0.389 bits per heavy atom. The van der Waals surface area contributed by atoms with Gasteiger partial charge in [0, 0.05) is 33.2 Å². The second-order valence-corrected chi connectivity index (χ2v) is 13.5. The van der Waals surface area contributed by atoms with Gasteiger partial charge in [0.2, 0.25) is 5.89 Å². The van der Waals surface area contributed by atoms with Crippen LogP contribution in [0.25, 0.3) is 106 Å². The third-order valence-electron chi connectivity index (χ3n) is 10.3. The Balaban J connectivity index is 1.12. The highest BCUT2D eigenvalue weighted by atomic mass is 16.3. The Bertz CT molecular complexity index is 3220. The topological polar surface area (TPSA) is 69.6 Å². The van der Waals surface area contributed by atoms with Crippen molar-refractivity contribution in [1.82, 2.24) is 24.5 Å². The lowest BCUT2D eigenvalue weighted by atomic mass is 9.97. The Morgan fingerprint density at radius 2 is 1.04 bits per heavy atom. The molecule has 11 rings (SSSR count). The number of nitrogens with zero attached hydrogens (tertiary/aromatic N) is 5. The second kappa shape index (κ2) is 12.1. The van der Waals surface area contributed by atoms with Crippen molar-refractivity contribution in [2.75, 3.05) is 0 Å². The van der Waals surface area contributed by atoms with E-state index in [4.69, 9.17) is 24.4 Å². The maximum atomic E-state index is 6.73. The van der Waals surface area contributed by atoms with E-state index in [1.54, 1.807) is 0 Å². The van der Waals surface area contributed by atoms with Gasteiger partial charge in [-0.05, 0) is 64.0 Å². The zero-order valence-electron chi connectivity index (χ0n) is 28.9. The summed E-state index contributed by atoms with van der Waals surface area (Å²) in [7, 11) is 0. The summed E-state index contributed by atoms with van der Waals surface area (Å²) in [5.41, 5.74) is 8.14. The maximum Gasteiger partial charge on any atom is 0.227 e. The fourth-order valence-corrected chi connectivity index (χ4v) is 7.78. The number of rotatable bonds is 5. The molecule has 3 heterocycles. The van der Waals surface area contributed by atoms with E-state index in [0.717, 1.165) is 66.0 Å².